The molecular formula is C16H12N2O. The molecule has 0 saturated heterocycles. The summed E-state index contributed by atoms with van der Waals surface area (Å²) in [5.41, 5.74) is 8.68. The summed E-state index contributed by atoms with van der Waals surface area (Å²) in [6.07, 6.45) is 1.76. The summed E-state index contributed by atoms with van der Waals surface area (Å²) < 4.78 is 0. The molecule has 92 valence electrons. The molecule has 3 heteroatoms. The van der Waals surface area contributed by atoms with Crippen molar-refractivity contribution in [2.75, 3.05) is 0 Å². The molecule has 0 radical (unpaired) electrons. The molecule has 0 fully saturated rings. The maximum absolute atomic E-state index is 11.5. The lowest BCUT2D eigenvalue weighted by atomic mass is 9.96. The first-order chi connectivity index (χ1) is 9.27. The van der Waals surface area contributed by atoms with E-state index in [-0.39, 0.29) is 0 Å². The van der Waals surface area contributed by atoms with Crippen LogP contribution in [0.15, 0.2) is 60.8 Å². The molecule has 2 N–H and O–H groups in total. The highest BCUT2D eigenvalue weighted by Gasteiger charge is 2.11. The number of amides is 1. The Morgan fingerprint density at radius 1 is 0.895 bits per heavy atom. The van der Waals surface area contributed by atoms with Gasteiger partial charge >= 0.3 is 0 Å². The highest BCUT2D eigenvalue weighted by atomic mass is 16.1. The monoisotopic (exact) mass is 248 g/mol. The van der Waals surface area contributed by atoms with Crippen molar-refractivity contribution in [3.8, 4) is 11.1 Å². The van der Waals surface area contributed by atoms with Crippen LogP contribution in [0.2, 0.25) is 0 Å². The normalized spacial score (nSPS) is 10.5. The smallest absolute Gasteiger partial charge is 0.249 e. The van der Waals surface area contributed by atoms with Crippen LogP contribution < -0.4 is 5.73 Å². The van der Waals surface area contributed by atoms with Crippen LogP contribution in [-0.2, 0) is 0 Å². The maximum Gasteiger partial charge on any atom is 0.249 e. The van der Waals surface area contributed by atoms with Gasteiger partial charge in [-0.1, -0.05) is 36.4 Å². The molecule has 0 spiro atoms. The van der Waals surface area contributed by atoms with E-state index in [9.17, 15) is 4.79 Å². The van der Waals surface area contributed by atoms with Crippen molar-refractivity contribution in [1.29, 1.82) is 0 Å². The van der Waals surface area contributed by atoms with Gasteiger partial charge in [0.2, 0.25) is 5.91 Å². The molecule has 1 amide bonds. The Labute approximate surface area is 110 Å². The van der Waals surface area contributed by atoms with Gasteiger partial charge in [-0.15, -0.1) is 0 Å². The number of primary amides is 1. The molecule has 1 aromatic heterocycles. The Morgan fingerprint density at radius 3 is 2.53 bits per heavy atom. The van der Waals surface area contributed by atoms with Gasteiger partial charge in [0.25, 0.3) is 0 Å². The van der Waals surface area contributed by atoms with E-state index in [1.807, 2.05) is 48.5 Å². The van der Waals surface area contributed by atoms with E-state index in [0.29, 0.717) is 5.56 Å². The number of benzene rings is 2. The minimum atomic E-state index is -0.420. The number of nitrogens with zero attached hydrogens (tertiary/aromatic N) is 1. The van der Waals surface area contributed by atoms with Gasteiger partial charge in [0, 0.05) is 17.1 Å². The third-order valence-electron chi connectivity index (χ3n) is 3.13. The van der Waals surface area contributed by atoms with Crippen LogP contribution in [0.5, 0.6) is 0 Å². The van der Waals surface area contributed by atoms with E-state index in [1.165, 1.54) is 0 Å². The number of rotatable bonds is 2. The fourth-order valence-electron chi connectivity index (χ4n) is 2.27. The largest absolute Gasteiger partial charge is 0.366 e. The van der Waals surface area contributed by atoms with Crippen molar-refractivity contribution >= 4 is 16.8 Å². The van der Waals surface area contributed by atoms with E-state index < -0.39 is 5.91 Å². The minimum Gasteiger partial charge on any atom is -0.366 e. The fourth-order valence-corrected chi connectivity index (χ4v) is 2.27. The SMILES string of the molecule is NC(=O)c1ccccc1-c1cccc2ncccc12. The van der Waals surface area contributed by atoms with Crippen molar-refractivity contribution in [2.24, 2.45) is 5.73 Å². The van der Waals surface area contributed by atoms with Gasteiger partial charge in [-0.25, -0.2) is 0 Å². The number of carbonyl (C=O) groups is 1. The number of nitrogens with two attached hydrogens (primary N) is 1. The molecule has 3 nitrogen and oxygen atoms in total. The highest BCUT2D eigenvalue weighted by Crippen LogP contribution is 2.29. The molecule has 0 aliphatic carbocycles. The second-order valence-electron chi connectivity index (χ2n) is 4.29. The van der Waals surface area contributed by atoms with Crippen LogP contribution in [0.25, 0.3) is 22.0 Å². The van der Waals surface area contributed by atoms with Gasteiger partial charge < -0.3 is 5.73 Å². The van der Waals surface area contributed by atoms with Crippen molar-refractivity contribution in [1.82, 2.24) is 4.98 Å². The first kappa shape index (κ1) is 11.4. The Bertz CT molecular complexity index is 760. The van der Waals surface area contributed by atoms with E-state index in [2.05, 4.69) is 4.98 Å². The third-order valence-corrected chi connectivity index (χ3v) is 3.13. The van der Waals surface area contributed by atoms with Crippen molar-refractivity contribution < 1.29 is 4.79 Å². The lowest BCUT2D eigenvalue weighted by molar-refractivity contribution is 0.100. The number of fused-ring (bicyclic) bond motifs is 1. The van der Waals surface area contributed by atoms with Crippen LogP contribution >= 0.6 is 0 Å². The molecule has 0 bridgehead atoms. The summed E-state index contributed by atoms with van der Waals surface area (Å²) in [6.45, 7) is 0. The van der Waals surface area contributed by atoms with Gasteiger partial charge in [-0.2, -0.15) is 0 Å². The summed E-state index contributed by atoms with van der Waals surface area (Å²) >= 11 is 0. The zero-order valence-electron chi connectivity index (χ0n) is 10.2. The van der Waals surface area contributed by atoms with Crippen LogP contribution in [0.1, 0.15) is 10.4 Å². The number of hydrogen-bond donors (Lipinski definition) is 1. The summed E-state index contributed by atoms with van der Waals surface area (Å²) in [4.78, 5) is 15.9. The average molecular weight is 248 g/mol. The molecule has 1 heterocycles. The Hall–Kier alpha value is -2.68. The second kappa shape index (κ2) is 4.53. The Balaban J connectivity index is 2.34. The molecule has 3 aromatic rings. The van der Waals surface area contributed by atoms with Crippen LogP contribution in [0.4, 0.5) is 0 Å². The second-order valence-corrected chi connectivity index (χ2v) is 4.29. The third kappa shape index (κ3) is 1.95. The Morgan fingerprint density at radius 2 is 1.68 bits per heavy atom. The zero-order valence-corrected chi connectivity index (χ0v) is 10.2. The molecule has 0 aliphatic heterocycles. The topological polar surface area (TPSA) is 56.0 Å². The van der Waals surface area contributed by atoms with Gasteiger partial charge in [-0.05, 0) is 29.3 Å². The number of carbonyl (C=O) groups excluding carboxylic acids is 1. The van der Waals surface area contributed by atoms with Crippen LogP contribution in [0, 0.1) is 0 Å². The molecule has 0 saturated carbocycles. The van der Waals surface area contributed by atoms with Crippen LogP contribution in [0.3, 0.4) is 0 Å². The average Bonchev–Trinajstić information content (AvgIpc) is 2.46. The first-order valence-electron chi connectivity index (χ1n) is 6.00. The minimum absolute atomic E-state index is 0.420. The van der Waals surface area contributed by atoms with E-state index >= 15 is 0 Å². The van der Waals surface area contributed by atoms with Crippen molar-refractivity contribution in [3.05, 3.63) is 66.4 Å². The lowest BCUT2D eigenvalue weighted by Crippen LogP contribution is -2.12. The molecule has 2 aromatic carbocycles. The molecule has 0 unspecified atom stereocenters. The summed E-state index contributed by atoms with van der Waals surface area (Å²) in [7, 11) is 0. The van der Waals surface area contributed by atoms with Gasteiger partial charge in [-0.3, -0.25) is 9.78 Å². The molecule has 0 atom stereocenters. The highest BCUT2D eigenvalue weighted by molar-refractivity contribution is 6.04. The number of pyridine rings is 1. The molecule has 0 aliphatic rings. The van der Waals surface area contributed by atoms with E-state index in [0.717, 1.165) is 22.0 Å². The molecular weight excluding hydrogens is 236 g/mol. The van der Waals surface area contributed by atoms with Gasteiger partial charge in [0.05, 0.1) is 5.52 Å². The quantitative estimate of drug-likeness (QED) is 0.758. The fraction of sp³-hybridized carbons (Fsp3) is 0. The van der Waals surface area contributed by atoms with Crippen molar-refractivity contribution in [3.63, 3.8) is 0 Å². The number of aromatic nitrogens is 1. The standard InChI is InChI=1S/C16H12N2O/c17-16(19)14-6-2-1-5-12(14)11-7-3-9-15-13(11)8-4-10-18-15/h1-10H,(H2,17,19). The van der Waals surface area contributed by atoms with Crippen LogP contribution in [-0.4, -0.2) is 10.9 Å². The first-order valence-corrected chi connectivity index (χ1v) is 6.00. The molecule has 3 rings (SSSR count). The predicted octanol–water partition coefficient (Wildman–Crippen LogP) is 3.00. The molecule has 19 heavy (non-hydrogen) atoms. The van der Waals surface area contributed by atoms with E-state index in [1.54, 1.807) is 12.3 Å². The van der Waals surface area contributed by atoms with Crippen molar-refractivity contribution in [2.45, 2.75) is 0 Å². The van der Waals surface area contributed by atoms with E-state index in [4.69, 9.17) is 5.73 Å². The van der Waals surface area contributed by atoms with Gasteiger partial charge in [0.1, 0.15) is 0 Å². The zero-order chi connectivity index (χ0) is 13.2. The summed E-state index contributed by atoms with van der Waals surface area (Å²) in [5, 5.41) is 1.01. The summed E-state index contributed by atoms with van der Waals surface area (Å²) in [5.74, 6) is -0.420. The lowest BCUT2D eigenvalue weighted by Gasteiger charge is -2.09. The van der Waals surface area contributed by atoms with Gasteiger partial charge in [0.15, 0.2) is 0 Å². The maximum atomic E-state index is 11.5. The summed E-state index contributed by atoms with van der Waals surface area (Å²) in [6, 6.07) is 17.1. The Kier molecular flexibility index (Phi) is 2.72. The predicted molar refractivity (Wildman–Crippen MR) is 75.7 cm³/mol. The number of hydrogen-bond acceptors (Lipinski definition) is 2.